The molecule has 2 N–H and O–H groups in total. The van der Waals surface area contributed by atoms with Crippen LogP contribution < -0.4 is 4.74 Å². The lowest BCUT2D eigenvalue weighted by molar-refractivity contribution is -0.139. The zero-order chi connectivity index (χ0) is 23.8. The topological polar surface area (TPSA) is 87.1 Å². The van der Waals surface area contributed by atoms with E-state index in [2.05, 4.69) is 0 Å². The second-order valence-corrected chi connectivity index (χ2v) is 8.78. The molecule has 1 fully saturated rings. The Labute approximate surface area is 197 Å². The van der Waals surface area contributed by atoms with Crippen molar-refractivity contribution < 1.29 is 24.5 Å². The maximum absolute atomic E-state index is 13.2. The van der Waals surface area contributed by atoms with Crippen molar-refractivity contribution in [2.45, 2.75) is 31.9 Å². The number of amides is 1. The molecule has 2 atom stereocenters. The Bertz CT molecular complexity index is 1300. The van der Waals surface area contributed by atoms with Crippen molar-refractivity contribution in [2.75, 3.05) is 6.54 Å². The molecule has 0 aromatic heterocycles. The van der Waals surface area contributed by atoms with Crippen LogP contribution in [0.15, 0.2) is 78.4 Å². The zero-order valence-corrected chi connectivity index (χ0v) is 18.8. The fourth-order valence-corrected chi connectivity index (χ4v) is 4.77. The van der Waals surface area contributed by atoms with Gasteiger partial charge in [0, 0.05) is 18.5 Å². The van der Waals surface area contributed by atoms with Crippen LogP contribution in [0.25, 0.3) is 5.76 Å². The normalized spacial score (nSPS) is 20.9. The molecule has 0 saturated carbocycles. The van der Waals surface area contributed by atoms with E-state index < -0.39 is 17.7 Å². The van der Waals surface area contributed by atoms with Gasteiger partial charge >= 0.3 is 0 Å². The predicted molar refractivity (Wildman–Crippen MR) is 127 cm³/mol. The number of benzene rings is 3. The number of ketones is 1. The van der Waals surface area contributed by atoms with Gasteiger partial charge < -0.3 is 19.8 Å². The minimum absolute atomic E-state index is 0.0230. The molecule has 0 spiro atoms. The molecule has 3 aromatic carbocycles. The Morgan fingerprint density at radius 1 is 1.03 bits per heavy atom. The fraction of sp³-hybridized carbons (Fsp3) is 0.214. The Morgan fingerprint density at radius 3 is 2.59 bits per heavy atom. The second kappa shape index (κ2) is 8.71. The number of ether oxygens (including phenoxy) is 1. The molecule has 1 amide bonds. The Morgan fingerprint density at radius 2 is 1.82 bits per heavy atom. The summed E-state index contributed by atoms with van der Waals surface area (Å²) in [7, 11) is 0. The van der Waals surface area contributed by atoms with Crippen molar-refractivity contribution >= 4 is 17.4 Å². The third-order valence-corrected chi connectivity index (χ3v) is 6.38. The number of rotatable bonds is 5. The highest BCUT2D eigenvalue weighted by atomic mass is 16.5. The lowest BCUT2D eigenvalue weighted by atomic mass is 9.94. The van der Waals surface area contributed by atoms with Gasteiger partial charge in [-0.1, -0.05) is 42.5 Å². The minimum Gasteiger partial charge on any atom is -0.508 e. The van der Waals surface area contributed by atoms with Crippen LogP contribution in [0.1, 0.15) is 35.2 Å². The average molecular weight is 456 g/mol. The number of Topliss-reactive ketones (excluding diaryl/α,β-unsaturated/α-hetero) is 1. The Kier molecular flexibility index (Phi) is 5.57. The molecule has 2 aliphatic rings. The smallest absolute Gasteiger partial charge is 0.295 e. The highest BCUT2D eigenvalue weighted by Crippen LogP contribution is 2.41. The summed E-state index contributed by atoms with van der Waals surface area (Å²) in [5.74, 6) is -0.837. The number of aliphatic hydroxyl groups is 1. The summed E-state index contributed by atoms with van der Waals surface area (Å²) < 4.78 is 5.75. The van der Waals surface area contributed by atoms with Gasteiger partial charge in [0.2, 0.25) is 0 Å². The number of phenols is 1. The van der Waals surface area contributed by atoms with Gasteiger partial charge in [-0.3, -0.25) is 9.59 Å². The number of carbonyl (C=O) groups is 2. The molecule has 172 valence electrons. The summed E-state index contributed by atoms with van der Waals surface area (Å²) in [6.45, 7) is 2.26. The molecule has 0 unspecified atom stereocenters. The third kappa shape index (κ3) is 3.92. The van der Waals surface area contributed by atoms with Crippen molar-refractivity contribution in [2.24, 2.45) is 0 Å². The molecule has 0 radical (unpaired) electrons. The summed E-state index contributed by atoms with van der Waals surface area (Å²) in [6.07, 6.45) is 1.30. The molecular weight excluding hydrogens is 430 g/mol. The van der Waals surface area contributed by atoms with Crippen LogP contribution in [-0.4, -0.2) is 39.5 Å². The van der Waals surface area contributed by atoms with E-state index in [-0.39, 0.29) is 23.2 Å². The van der Waals surface area contributed by atoms with Crippen molar-refractivity contribution in [3.63, 3.8) is 0 Å². The molecule has 3 aromatic rings. The summed E-state index contributed by atoms with van der Waals surface area (Å²) in [6, 6.07) is 20.7. The van der Waals surface area contributed by atoms with Crippen LogP contribution in [0.3, 0.4) is 0 Å². The average Bonchev–Trinajstić information content (AvgIpc) is 3.33. The van der Waals surface area contributed by atoms with Crippen LogP contribution in [-0.2, 0) is 22.4 Å². The van der Waals surface area contributed by atoms with Gasteiger partial charge in [0.1, 0.15) is 23.4 Å². The lowest BCUT2D eigenvalue weighted by Gasteiger charge is -2.25. The molecule has 34 heavy (non-hydrogen) atoms. The second-order valence-electron chi connectivity index (χ2n) is 8.78. The van der Waals surface area contributed by atoms with E-state index in [1.807, 2.05) is 43.3 Å². The summed E-state index contributed by atoms with van der Waals surface area (Å²) in [4.78, 5) is 27.8. The number of fused-ring (bicyclic) bond motifs is 1. The monoisotopic (exact) mass is 455 g/mol. The van der Waals surface area contributed by atoms with Gasteiger partial charge in [-0.2, -0.15) is 0 Å². The van der Waals surface area contributed by atoms with E-state index in [0.29, 0.717) is 30.5 Å². The molecule has 1 saturated heterocycles. The first-order chi connectivity index (χ1) is 16.4. The number of aliphatic hydroxyl groups excluding tert-OH is 1. The van der Waals surface area contributed by atoms with Gasteiger partial charge in [-0.05, 0) is 60.4 Å². The standard InChI is InChI=1S/C28H25NO5/c1-17-14-21-15-20(10-11-23(21)34-17)26(31)24-25(19-8-5-9-22(30)16-19)29(28(33)27(24)32)13-12-18-6-3-2-4-7-18/h2-11,15-17,25,30-31H,12-14H2,1H3/t17-,25-/m1/s1. The minimum atomic E-state index is -0.806. The highest BCUT2D eigenvalue weighted by molar-refractivity contribution is 6.46. The zero-order valence-electron chi connectivity index (χ0n) is 18.8. The number of aromatic hydroxyl groups is 1. The fourth-order valence-electron chi connectivity index (χ4n) is 4.77. The van der Waals surface area contributed by atoms with E-state index in [4.69, 9.17) is 4.74 Å². The molecule has 0 bridgehead atoms. The third-order valence-electron chi connectivity index (χ3n) is 6.38. The van der Waals surface area contributed by atoms with Crippen molar-refractivity contribution in [3.8, 4) is 11.5 Å². The van der Waals surface area contributed by atoms with Crippen LogP contribution in [0.2, 0.25) is 0 Å². The molecule has 2 aliphatic heterocycles. The lowest BCUT2D eigenvalue weighted by Crippen LogP contribution is -2.31. The first-order valence-electron chi connectivity index (χ1n) is 11.3. The van der Waals surface area contributed by atoms with E-state index in [0.717, 1.165) is 16.9 Å². The highest BCUT2D eigenvalue weighted by Gasteiger charge is 2.46. The molecule has 0 aliphatic carbocycles. The number of hydrogen-bond acceptors (Lipinski definition) is 5. The summed E-state index contributed by atoms with van der Waals surface area (Å²) in [5, 5.41) is 21.4. The van der Waals surface area contributed by atoms with Gasteiger partial charge in [-0.25, -0.2) is 0 Å². The number of phenolic OH excluding ortho intramolecular Hbond substituents is 1. The SMILES string of the molecule is C[C@@H]1Cc2cc(C(O)=C3C(=O)C(=O)N(CCc4ccccc4)[C@@H]3c3cccc(O)c3)ccc2O1. The van der Waals surface area contributed by atoms with Crippen molar-refractivity contribution in [1.82, 2.24) is 4.90 Å². The van der Waals surface area contributed by atoms with Crippen molar-refractivity contribution in [1.29, 1.82) is 0 Å². The van der Waals surface area contributed by atoms with E-state index in [1.165, 1.54) is 17.0 Å². The Balaban J connectivity index is 1.58. The van der Waals surface area contributed by atoms with Crippen LogP contribution >= 0.6 is 0 Å². The number of hydrogen-bond donors (Lipinski definition) is 2. The molecule has 6 nitrogen and oxygen atoms in total. The van der Waals surface area contributed by atoms with Gasteiger partial charge in [-0.15, -0.1) is 0 Å². The largest absolute Gasteiger partial charge is 0.508 e. The van der Waals surface area contributed by atoms with Crippen LogP contribution in [0.4, 0.5) is 0 Å². The van der Waals surface area contributed by atoms with E-state index in [9.17, 15) is 19.8 Å². The maximum atomic E-state index is 13.2. The molecule has 6 heteroatoms. The first kappa shape index (κ1) is 21.8. The van der Waals surface area contributed by atoms with Gasteiger partial charge in [0.15, 0.2) is 0 Å². The van der Waals surface area contributed by atoms with Crippen LogP contribution in [0.5, 0.6) is 11.5 Å². The summed E-state index contributed by atoms with van der Waals surface area (Å²) in [5.41, 5.74) is 3.03. The Hall–Kier alpha value is -4.06. The first-order valence-corrected chi connectivity index (χ1v) is 11.3. The van der Waals surface area contributed by atoms with E-state index >= 15 is 0 Å². The molecule has 5 rings (SSSR count). The number of likely N-dealkylation sites (tertiary alicyclic amines) is 1. The van der Waals surface area contributed by atoms with Crippen LogP contribution in [0, 0.1) is 0 Å². The van der Waals surface area contributed by atoms with E-state index in [1.54, 1.807) is 24.3 Å². The molecular formula is C28H25NO5. The quantitative estimate of drug-likeness (QED) is 0.339. The van der Waals surface area contributed by atoms with Gasteiger partial charge in [0.05, 0.1) is 11.6 Å². The summed E-state index contributed by atoms with van der Waals surface area (Å²) >= 11 is 0. The predicted octanol–water partition coefficient (Wildman–Crippen LogP) is 4.38. The number of nitrogens with zero attached hydrogens (tertiary/aromatic N) is 1. The van der Waals surface area contributed by atoms with Gasteiger partial charge in [0.25, 0.3) is 11.7 Å². The van der Waals surface area contributed by atoms with Crippen molar-refractivity contribution in [3.05, 3.63) is 101 Å². The maximum Gasteiger partial charge on any atom is 0.295 e. The number of carbonyl (C=O) groups excluding carboxylic acids is 2. The molecule has 2 heterocycles.